The molecule has 0 aliphatic carbocycles. The van der Waals surface area contributed by atoms with Crippen molar-refractivity contribution in [1.82, 2.24) is 25.1 Å². The molecule has 0 unspecified atom stereocenters. The molecule has 1 saturated heterocycles. The fourth-order valence-electron chi connectivity index (χ4n) is 3.39. The summed E-state index contributed by atoms with van der Waals surface area (Å²) < 4.78 is 11.0. The van der Waals surface area contributed by atoms with Crippen molar-refractivity contribution in [3.05, 3.63) is 54.2 Å². The van der Waals surface area contributed by atoms with Crippen molar-refractivity contribution in [1.29, 1.82) is 0 Å². The van der Waals surface area contributed by atoms with Crippen molar-refractivity contribution < 1.29 is 19.1 Å². The van der Waals surface area contributed by atoms with Crippen LogP contribution in [0.2, 0.25) is 0 Å². The average molecular weight is 451 g/mol. The van der Waals surface area contributed by atoms with Gasteiger partial charge < -0.3 is 25.0 Å². The van der Waals surface area contributed by atoms with Gasteiger partial charge in [-0.25, -0.2) is 4.98 Å². The minimum atomic E-state index is -0.475. The molecule has 1 fully saturated rings. The lowest BCUT2D eigenvalue weighted by molar-refractivity contribution is 0.102. The first-order chi connectivity index (χ1) is 16.0. The van der Waals surface area contributed by atoms with E-state index in [9.17, 15) is 9.59 Å². The maximum atomic E-state index is 12.7. The molecule has 3 aromatic rings. The Hall–Kier alpha value is -3.99. The number of methoxy groups -OCH3 is 1. The van der Waals surface area contributed by atoms with Crippen LogP contribution in [0, 0.1) is 0 Å². The number of ether oxygens (including phenoxy) is 2. The molecule has 0 atom stereocenters. The van der Waals surface area contributed by atoms with Crippen molar-refractivity contribution in [2.75, 3.05) is 37.9 Å². The maximum Gasteiger partial charge on any atom is 0.275 e. The first-order valence-electron chi connectivity index (χ1n) is 10.5. The molecule has 0 spiro atoms. The van der Waals surface area contributed by atoms with E-state index in [4.69, 9.17) is 9.47 Å². The van der Waals surface area contributed by atoms with E-state index in [2.05, 4.69) is 42.7 Å². The Morgan fingerprint density at radius 1 is 1.09 bits per heavy atom. The minimum Gasteiger partial charge on any atom is -0.495 e. The number of anilines is 2. The van der Waals surface area contributed by atoms with E-state index in [1.807, 2.05) is 0 Å². The van der Waals surface area contributed by atoms with Crippen molar-refractivity contribution in [2.45, 2.75) is 18.9 Å². The Labute approximate surface area is 190 Å². The van der Waals surface area contributed by atoms with Gasteiger partial charge in [0.1, 0.15) is 17.5 Å². The Kier molecular flexibility index (Phi) is 6.79. The van der Waals surface area contributed by atoms with Crippen LogP contribution in [0.25, 0.3) is 0 Å². The topological polar surface area (TPSA) is 134 Å². The lowest BCUT2D eigenvalue weighted by atomic mass is 10.1. The predicted octanol–water partition coefficient (Wildman–Crippen LogP) is 2.19. The van der Waals surface area contributed by atoms with Crippen molar-refractivity contribution in [3.63, 3.8) is 0 Å². The Morgan fingerprint density at radius 2 is 1.91 bits per heavy atom. The molecule has 3 N–H and O–H groups in total. The summed E-state index contributed by atoms with van der Waals surface area (Å²) >= 11 is 0. The number of pyridine rings is 2. The highest BCUT2D eigenvalue weighted by Gasteiger charge is 2.20. The molecule has 4 rings (SSSR count). The number of carbonyl (C=O) groups excluding carboxylic acids is 2. The minimum absolute atomic E-state index is 0.103. The van der Waals surface area contributed by atoms with Crippen LogP contribution < -0.4 is 20.1 Å². The van der Waals surface area contributed by atoms with Gasteiger partial charge in [0.2, 0.25) is 5.88 Å². The molecule has 0 bridgehead atoms. The lowest BCUT2D eigenvalue weighted by Crippen LogP contribution is -2.35. The summed E-state index contributed by atoms with van der Waals surface area (Å²) in [5, 5.41) is 11.9. The molecule has 2 amide bonds. The molecule has 11 heteroatoms. The zero-order valence-corrected chi connectivity index (χ0v) is 18.4. The molecule has 1 aliphatic heterocycles. The quantitative estimate of drug-likeness (QED) is 0.498. The predicted molar refractivity (Wildman–Crippen MR) is 121 cm³/mol. The van der Waals surface area contributed by atoms with Gasteiger partial charge >= 0.3 is 0 Å². The first-order valence-corrected chi connectivity index (χ1v) is 10.5. The number of nitrogens with zero attached hydrogens (tertiary/aromatic N) is 4. The number of carbonyl (C=O) groups is 2. The molecule has 172 valence electrons. The number of likely N-dealkylation sites (tertiary alicyclic amines) is 1. The zero-order valence-electron chi connectivity index (χ0n) is 18.4. The number of nitrogens with one attached hydrogen (secondary N) is 3. The SMILES string of the molecule is COc1cncc(C(=O)Nc2cn[nH]c2C(=O)Nc2ccc(OC3CCN(C)CC3)nc2)c1. The highest BCUT2D eigenvalue weighted by Crippen LogP contribution is 2.20. The standard InChI is InChI=1S/C22H25N7O4/c1-29-7-5-16(6-8-29)33-19-4-3-15(11-24-19)26-22(31)20-18(13-25-28-20)27-21(30)14-9-17(32-2)12-23-10-14/h3-4,9-13,16H,5-8H2,1-2H3,(H,25,28)(H,26,31)(H,27,30). The molecule has 0 aromatic carbocycles. The second kappa shape index (κ2) is 10.1. The van der Waals surface area contributed by atoms with Crippen LogP contribution in [-0.2, 0) is 0 Å². The van der Waals surface area contributed by atoms with Crippen LogP contribution in [0.3, 0.4) is 0 Å². The van der Waals surface area contributed by atoms with Crippen LogP contribution in [0.1, 0.15) is 33.7 Å². The summed E-state index contributed by atoms with van der Waals surface area (Å²) in [4.78, 5) is 35.8. The smallest absolute Gasteiger partial charge is 0.275 e. The largest absolute Gasteiger partial charge is 0.495 e. The van der Waals surface area contributed by atoms with Crippen LogP contribution >= 0.6 is 0 Å². The van der Waals surface area contributed by atoms with E-state index >= 15 is 0 Å². The molecule has 33 heavy (non-hydrogen) atoms. The molecule has 0 saturated carbocycles. The van der Waals surface area contributed by atoms with Gasteiger partial charge in [-0.3, -0.25) is 19.7 Å². The van der Waals surface area contributed by atoms with Crippen molar-refractivity contribution >= 4 is 23.2 Å². The Bertz CT molecular complexity index is 1110. The normalized spacial score (nSPS) is 14.5. The molecule has 0 radical (unpaired) electrons. The summed E-state index contributed by atoms with van der Waals surface area (Å²) in [6, 6.07) is 4.98. The van der Waals surface area contributed by atoms with Gasteiger partial charge in [-0.15, -0.1) is 0 Å². The van der Waals surface area contributed by atoms with Crippen molar-refractivity contribution in [2.24, 2.45) is 0 Å². The fourth-order valence-corrected chi connectivity index (χ4v) is 3.39. The number of hydrogen-bond acceptors (Lipinski definition) is 8. The summed E-state index contributed by atoms with van der Waals surface area (Å²) in [6.07, 6.45) is 7.83. The van der Waals surface area contributed by atoms with Gasteiger partial charge in [0, 0.05) is 25.4 Å². The van der Waals surface area contributed by atoms with E-state index in [-0.39, 0.29) is 23.0 Å². The average Bonchev–Trinajstić information content (AvgIpc) is 3.30. The fraction of sp³-hybridized carbons (Fsp3) is 0.318. The number of aromatic amines is 1. The van der Waals surface area contributed by atoms with Gasteiger partial charge in [0.25, 0.3) is 11.8 Å². The number of aromatic nitrogens is 4. The summed E-state index contributed by atoms with van der Waals surface area (Å²) in [5.74, 6) is 0.0405. The molecule has 11 nitrogen and oxygen atoms in total. The molecule has 1 aliphatic rings. The number of hydrogen-bond donors (Lipinski definition) is 3. The van der Waals surface area contributed by atoms with Crippen LogP contribution in [0.4, 0.5) is 11.4 Å². The molecule has 4 heterocycles. The highest BCUT2D eigenvalue weighted by atomic mass is 16.5. The van der Waals surface area contributed by atoms with Crippen molar-refractivity contribution in [3.8, 4) is 11.6 Å². The summed E-state index contributed by atoms with van der Waals surface area (Å²) in [5.41, 5.74) is 1.10. The second-order valence-electron chi connectivity index (χ2n) is 7.69. The van der Waals surface area contributed by atoms with Crippen LogP contribution in [0.15, 0.2) is 43.0 Å². The number of piperidine rings is 1. The monoisotopic (exact) mass is 451 g/mol. The molecular formula is C22H25N7O4. The van der Waals surface area contributed by atoms with Gasteiger partial charge in [-0.05, 0) is 32.0 Å². The van der Waals surface area contributed by atoms with Gasteiger partial charge in [0.05, 0.1) is 42.6 Å². The number of amides is 2. The van der Waals surface area contributed by atoms with E-state index in [1.54, 1.807) is 18.2 Å². The van der Waals surface area contributed by atoms with Crippen LogP contribution in [-0.4, -0.2) is 70.2 Å². The van der Waals surface area contributed by atoms with Crippen LogP contribution in [0.5, 0.6) is 11.6 Å². The first kappa shape index (κ1) is 22.2. The van der Waals surface area contributed by atoms with E-state index in [0.29, 0.717) is 17.3 Å². The zero-order chi connectivity index (χ0) is 23.2. The van der Waals surface area contributed by atoms with Gasteiger partial charge in [0.15, 0.2) is 0 Å². The van der Waals surface area contributed by atoms with Gasteiger partial charge in [-0.2, -0.15) is 5.10 Å². The van der Waals surface area contributed by atoms with E-state index in [0.717, 1.165) is 25.9 Å². The molecule has 3 aromatic heterocycles. The second-order valence-corrected chi connectivity index (χ2v) is 7.69. The number of rotatable bonds is 7. The van der Waals surface area contributed by atoms with E-state index < -0.39 is 11.8 Å². The third-order valence-corrected chi connectivity index (χ3v) is 5.27. The third-order valence-electron chi connectivity index (χ3n) is 5.27. The Morgan fingerprint density at radius 3 is 2.64 bits per heavy atom. The maximum absolute atomic E-state index is 12.7. The Balaban J connectivity index is 1.36. The lowest BCUT2D eigenvalue weighted by Gasteiger charge is -2.28. The highest BCUT2D eigenvalue weighted by molar-refractivity contribution is 6.11. The summed E-state index contributed by atoms with van der Waals surface area (Å²) in [6.45, 7) is 1.99. The van der Waals surface area contributed by atoms with Gasteiger partial charge in [-0.1, -0.05) is 0 Å². The third kappa shape index (κ3) is 5.63. The summed E-state index contributed by atoms with van der Waals surface area (Å²) in [7, 11) is 3.58. The number of H-pyrrole nitrogens is 1. The molecular weight excluding hydrogens is 426 g/mol. The van der Waals surface area contributed by atoms with E-state index in [1.165, 1.54) is 31.9 Å².